The van der Waals surface area contributed by atoms with Gasteiger partial charge in [-0.3, -0.25) is 4.79 Å². The van der Waals surface area contributed by atoms with E-state index >= 15 is 0 Å². The molecule has 1 aromatic heterocycles. The fourth-order valence-electron chi connectivity index (χ4n) is 1.61. The molecule has 0 spiro atoms. The van der Waals surface area contributed by atoms with Gasteiger partial charge in [-0.2, -0.15) is 26.3 Å². The van der Waals surface area contributed by atoms with Crippen LogP contribution in [0.15, 0.2) is 16.7 Å². The summed E-state index contributed by atoms with van der Waals surface area (Å²) < 4.78 is 80.9. The maximum atomic E-state index is 13.3. The zero-order valence-corrected chi connectivity index (χ0v) is 13.7. The minimum atomic E-state index is -5.68. The minimum Gasteiger partial charge on any atom is -0.463 e. The van der Waals surface area contributed by atoms with Crippen molar-refractivity contribution < 1.29 is 45.8 Å². The Morgan fingerprint density at radius 3 is 2.28 bits per heavy atom. The smallest absolute Gasteiger partial charge is 0.463 e. The maximum absolute atomic E-state index is 13.3. The van der Waals surface area contributed by atoms with Crippen LogP contribution in [0, 0.1) is 0 Å². The number of esters is 1. The molecule has 0 saturated carbocycles. The van der Waals surface area contributed by atoms with Crippen molar-refractivity contribution in [1.29, 1.82) is 0 Å². The molecule has 0 bridgehead atoms. The minimum absolute atomic E-state index is 0.209. The van der Waals surface area contributed by atoms with Crippen LogP contribution >= 0.6 is 15.9 Å². The van der Waals surface area contributed by atoms with Crippen LogP contribution in [0.1, 0.15) is 12.5 Å². The summed E-state index contributed by atoms with van der Waals surface area (Å²) in [4.78, 5) is 25.9. The Morgan fingerprint density at radius 2 is 1.84 bits per heavy atom. The highest BCUT2D eigenvalue weighted by molar-refractivity contribution is 9.10. The van der Waals surface area contributed by atoms with Crippen molar-refractivity contribution in [2.75, 3.05) is 11.9 Å². The van der Waals surface area contributed by atoms with Gasteiger partial charge in [0.2, 0.25) is 0 Å². The first-order chi connectivity index (χ1) is 11.2. The molecule has 1 atom stereocenters. The van der Waals surface area contributed by atoms with Crippen LogP contribution in [-0.4, -0.2) is 40.9 Å². The number of carbonyl (C=O) groups excluding carboxylic acids is 2. The highest BCUT2D eigenvalue weighted by Gasteiger charge is 2.63. The molecule has 1 aromatic rings. The normalized spacial score (nSPS) is 14.6. The third-order valence-electron chi connectivity index (χ3n) is 2.71. The van der Waals surface area contributed by atoms with Gasteiger partial charge in [-0.15, -0.1) is 0 Å². The predicted octanol–water partition coefficient (Wildman–Crippen LogP) is 2.66. The van der Waals surface area contributed by atoms with Gasteiger partial charge in [-0.05, 0) is 28.9 Å². The van der Waals surface area contributed by atoms with Crippen molar-refractivity contribution in [1.82, 2.24) is 4.98 Å². The molecule has 1 amide bonds. The zero-order valence-electron chi connectivity index (χ0n) is 12.1. The first kappa shape index (κ1) is 21.2. The summed E-state index contributed by atoms with van der Waals surface area (Å²) in [6.45, 7) is 0.600. The standard InChI is InChI=1S/C12H9BrF6N2O4/c1-2-25-9(23)10(24,12(17,18)19)6-3-5(13)4-20-7(6)21-8(22)11(14,15)16/h3-4,24H,2H2,1H3,(H,20,21,22). The van der Waals surface area contributed by atoms with E-state index in [1.807, 2.05) is 0 Å². The second kappa shape index (κ2) is 7.15. The largest absolute Gasteiger partial charge is 0.471 e. The second-order valence-corrected chi connectivity index (χ2v) is 5.35. The fraction of sp³-hybridized carbons (Fsp3) is 0.417. The van der Waals surface area contributed by atoms with E-state index in [1.165, 1.54) is 0 Å². The Kier molecular flexibility index (Phi) is 6.05. The van der Waals surface area contributed by atoms with Gasteiger partial charge in [0.15, 0.2) is 0 Å². The summed E-state index contributed by atoms with van der Waals surface area (Å²) in [5, 5.41) is 11.0. The van der Waals surface area contributed by atoms with Gasteiger partial charge >= 0.3 is 24.2 Å². The van der Waals surface area contributed by atoms with Crippen LogP contribution < -0.4 is 5.32 Å². The first-order valence-electron chi connectivity index (χ1n) is 6.25. The van der Waals surface area contributed by atoms with E-state index in [2.05, 4.69) is 25.7 Å². The highest BCUT2D eigenvalue weighted by Crippen LogP contribution is 2.43. The van der Waals surface area contributed by atoms with E-state index in [1.54, 1.807) is 0 Å². The Morgan fingerprint density at radius 1 is 1.28 bits per heavy atom. The Bertz CT molecular complexity index is 679. The lowest BCUT2D eigenvalue weighted by Gasteiger charge is -2.29. The molecule has 0 saturated heterocycles. The molecule has 0 aliphatic carbocycles. The first-order valence-corrected chi connectivity index (χ1v) is 7.05. The van der Waals surface area contributed by atoms with Crippen molar-refractivity contribution in [2.45, 2.75) is 24.9 Å². The summed E-state index contributed by atoms with van der Waals surface area (Å²) in [5.74, 6) is -6.14. The molecular weight excluding hydrogens is 430 g/mol. The average Bonchev–Trinajstić information content (AvgIpc) is 2.46. The van der Waals surface area contributed by atoms with Gasteiger partial charge in [0.25, 0.3) is 5.60 Å². The number of aliphatic hydroxyl groups is 1. The van der Waals surface area contributed by atoms with E-state index in [4.69, 9.17) is 0 Å². The Labute approximate surface area is 144 Å². The van der Waals surface area contributed by atoms with Gasteiger partial charge in [0.05, 0.1) is 6.61 Å². The quantitative estimate of drug-likeness (QED) is 0.557. The summed E-state index contributed by atoms with van der Waals surface area (Å²) in [6.07, 6.45) is -10.4. The topological polar surface area (TPSA) is 88.5 Å². The fourth-order valence-corrected chi connectivity index (χ4v) is 1.94. The van der Waals surface area contributed by atoms with E-state index in [-0.39, 0.29) is 4.47 Å². The van der Waals surface area contributed by atoms with Gasteiger partial charge in [-0.1, -0.05) is 0 Å². The Balaban J connectivity index is 3.57. The number of hydrogen-bond acceptors (Lipinski definition) is 5. The number of halogens is 7. The molecule has 0 aliphatic rings. The number of anilines is 1. The zero-order chi connectivity index (χ0) is 19.6. The number of alkyl halides is 6. The van der Waals surface area contributed by atoms with Gasteiger partial charge in [-0.25, -0.2) is 9.78 Å². The van der Waals surface area contributed by atoms with E-state index in [9.17, 15) is 41.0 Å². The summed E-state index contributed by atoms with van der Waals surface area (Å²) in [6, 6.07) is 0.489. The molecule has 13 heteroatoms. The summed E-state index contributed by atoms with van der Waals surface area (Å²) >= 11 is 2.72. The van der Waals surface area contributed by atoms with E-state index < -0.39 is 47.8 Å². The van der Waals surface area contributed by atoms with Crippen molar-refractivity contribution in [2.24, 2.45) is 0 Å². The van der Waals surface area contributed by atoms with Gasteiger partial charge in [0, 0.05) is 16.2 Å². The number of hydrogen-bond donors (Lipinski definition) is 2. The van der Waals surface area contributed by atoms with Gasteiger partial charge < -0.3 is 15.2 Å². The lowest BCUT2D eigenvalue weighted by Crippen LogP contribution is -2.51. The number of carbonyl (C=O) groups is 2. The maximum Gasteiger partial charge on any atom is 0.471 e. The molecule has 0 aliphatic heterocycles. The van der Waals surface area contributed by atoms with E-state index in [0.717, 1.165) is 18.4 Å². The molecule has 25 heavy (non-hydrogen) atoms. The molecule has 1 rings (SSSR count). The molecule has 1 heterocycles. The number of amides is 1. The van der Waals surface area contributed by atoms with Crippen LogP contribution in [-0.2, 0) is 19.9 Å². The molecule has 140 valence electrons. The number of nitrogens with zero attached hydrogens (tertiary/aromatic N) is 1. The third kappa shape index (κ3) is 4.39. The average molecular weight is 439 g/mol. The van der Waals surface area contributed by atoms with Crippen LogP contribution in [0.3, 0.4) is 0 Å². The monoisotopic (exact) mass is 438 g/mol. The van der Waals surface area contributed by atoms with Crippen molar-refractivity contribution in [3.8, 4) is 0 Å². The lowest BCUT2D eigenvalue weighted by molar-refractivity contribution is -0.267. The molecule has 0 radical (unpaired) electrons. The predicted molar refractivity (Wildman–Crippen MR) is 73.2 cm³/mol. The second-order valence-electron chi connectivity index (χ2n) is 4.43. The number of nitrogens with one attached hydrogen (secondary N) is 1. The van der Waals surface area contributed by atoms with Gasteiger partial charge in [0.1, 0.15) is 5.82 Å². The molecular formula is C12H9BrF6N2O4. The van der Waals surface area contributed by atoms with Crippen LogP contribution in [0.4, 0.5) is 32.2 Å². The van der Waals surface area contributed by atoms with Crippen LogP contribution in [0.2, 0.25) is 0 Å². The van der Waals surface area contributed by atoms with Crippen molar-refractivity contribution in [3.63, 3.8) is 0 Å². The summed E-state index contributed by atoms with van der Waals surface area (Å²) in [7, 11) is 0. The van der Waals surface area contributed by atoms with Crippen molar-refractivity contribution >= 4 is 33.6 Å². The third-order valence-corrected chi connectivity index (χ3v) is 3.15. The molecule has 6 nitrogen and oxygen atoms in total. The van der Waals surface area contributed by atoms with Crippen molar-refractivity contribution in [3.05, 3.63) is 22.3 Å². The SMILES string of the molecule is CCOC(=O)C(O)(c1cc(Br)cnc1NC(=O)C(F)(F)F)C(F)(F)F. The number of pyridine rings is 1. The lowest BCUT2D eigenvalue weighted by atomic mass is 9.93. The Hall–Kier alpha value is -1.89. The van der Waals surface area contributed by atoms with E-state index in [0.29, 0.717) is 6.07 Å². The van der Waals surface area contributed by atoms with Crippen LogP contribution in [0.25, 0.3) is 0 Å². The van der Waals surface area contributed by atoms with Crippen LogP contribution in [0.5, 0.6) is 0 Å². The molecule has 1 unspecified atom stereocenters. The molecule has 2 N–H and O–H groups in total. The number of rotatable bonds is 4. The highest BCUT2D eigenvalue weighted by atomic mass is 79.9. The molecule has 0 aromatic carbocycles. The molecule has 0 fully saturated rings. The summed E-state index contributed by atoms with van der Waals surface area (Å²) in [5.41, 5.74) is -5.79. The number of ether oxygens (including phenoxy) is 1. The number of aromatic nitrogens is 1.